The Morgan fingerprint density at radius 3 is 2.25 bits per heavy atom. The number of hydrogen-bond acceptors (Lipinski definition) is 2. The highest BCUT2D eigenvalue weighted by Gasteiger charge is 2.34. The van der Waals surface area contributed by atoms with Crippen LogP contribution in [-0.4, -0.2) is 23.1 Å². The van der Waals surface area contributed by atoms with Crippen molar-refractivity contribution < 1.29 is 9.50 Å². The zero-order valence-electron chi connectivity index (χ0n) is 13.9. The van der Waals surface area contributed by atoms with Crippen LogP contribution >= 0.6 is 11.6 Å². The number of piperidine rings is 1. The molecule has 2 aromatic carbocycles. The van der Waals surface area contributed by atoms with Gasteiger partial charge in [-0.2, -0.15) is 0 Å². The van der Waals surface area contributed by atoms with Crippen LogP contribution in [0.15, 0.2) is 48.5 Å². The van der Waals surface area contributed by atoms with Gasteiger partial charge in [0.25, 0.3) is 0 Å². The predicted molar refractivity (Wildman–Crippen MR) is 95.4 cm³/mol. The third kappa shape index (κ3) is 3.97. The minimum Gasteiger partial charge on any atom is -0.372 e. The smallest absolute Gasteiger partial charge is 0.141 e. The number of rotatable bonds is 4. The van der Waals surface area contributed by atoms with Crippen LogP contribution in [0.25, 0.3) is 0 Å². The molecule has 1 N–H and O–H groups in total. The van der Waals surface area contributed by atoms with Gasteiger partial charge in [-0.15, -0.1) is 0 Å². The van der Waals surface area contributed by atoms with Crippen LogP contribution in [0.5, 0.6) is 0 Å². The molecule has 2 nitrogen and oxygen atoms in total. The first-order valence-corrected chi connectivity index (χ1v) is 8.81. The maximum absolute atomic E-state index is 13.0. The highest BCUT2D eigenvalue weighted by Crippen LogP contribution is 2.31. The van der Waals surface area contributed by atoms with E-state index in [1.54, 1.807) is 0 Å². The van der Waals surface area contributed by atoms with E-state index in [1.165, 1.54) is 17.7 Å². The molecule has 1 heterocycles. The van der Waals surface area contributed by atoms with E-state index in [1.807, 2.05) is 43.3 Å². The Morgan fingerprint density at radius 2 is 1.67 bits per heavy atom. The summed E-state index contributed by atoms with van der Waals surface area (Å²) in [6, 6.07) is 14.2. The molecule has 1 aliphatic heterocycles. The fourth-order valence-corrected chi connectivity index (χ4v) is 3.60. The lowest BCUT2D eigenvalue weighted by Gasteiger charge is -2.42. The molecule has 0 bridgehead atoms. The molecule has 4 heteroatoms. The Morgan fingerprint density at radius 1 is 1.08 bits per heavy atom. The quantitative estimate of drug-likeness (QED) is 0.873. The largest absolute Gasteiger partial charge is 0.372 e. The fraction of sp³-hybridized carbons (Fsp3) is 0.400. The van der Waals surface area contributed by atoms with Gasteiger partial charge < -0.3 is 5.11 Å². The normalized spacial score (nSPS) is 19.2. The molecular weight excluding hydrogens is 325 g/mol. The third-order valence-corrected chi connectivity index (χ3v) is 5.31. The summed E-state index contributed by atoms with van der Waals surface area (Å²) in [7, 11) is 0. The Bertz CT molecular complexity index is 661. The first kappa shape index (κ1) is 17.4. The molecule has 1 unspecified atom stereocenters. The van der Waals surface area contributed by atoms with Crippen molar-refractivity contribution in [2.45, 2.75) is 31.9 Å². The molecule has 1 saturated heterocycles. The average Bonchev–Trinajstić information content (AvgIpc) is 2.58. The van der Waals surface area contributed by atoms with Gasteiger partial charge in [0.05, 0.1) is 0 Å². The van der Waals surface area contributed by atoms with Gasteiger partial charge in [-0.25, -0.2) is 4.39 Å². The van der Waals surface area contributed by atoms with Gasteiger partial charge in [0.2, 0.25) is 0 Å². The van der Waals surface area contributed by atoms with Crippen molar-refractivity contribution in [3.8, 4) is 0 Å². The molecule has 3 rings (SSSR count). The number of hydrogen-bond donors (Lipinski definition) is 1. The van der Waals surface area contributed by atoms with E-state index in [0.717, 1.165) is 37.9 Å². The van der Waals surface area contributed by atoms with Gasteiger partial charge in [0.15, 0.2) is 0 Å². The van der Waals surface area contributed by atoms with E-state index in [4.69, 9.17) is 11.6 Å². The van der Waals surface area contributed by atoms with Crippen molar-refractivity contribution in [3.63, 3.8) is 0 Å². The number of likely N-dealkylation sites (tertiary alicyclic amines) is 1. The average molecular weight is 348 g/mol. The van der Waals surface area contributed by atoms with Crippen molar-refractivity contribution in [1.82, 2.24) is 4.90 Å². The summed E-state index contributed by atoms with van der Waals surface area (Å²) in [6.07, 6.45) is 3.03. The summed E-state index contributed by atoms with van der Waals surface area (Å²) in [5.41, 5.74) is 1.06. The van der Waals surface area contributed by atoms with Gasteiger partial charge in [0.1, 0.15) is 11.5 Å². The summed E-state index contributed by atoms with van der Waals surface area (Å²) >= 11 is 5.93. The summed E-state index contributed by atoms with van der Waals surface area (Å²) < 4.78 is 13.0. The Kier molecular flexibility index (Phi) is 5.24. The van der Waals surface area contributed by atoms with Gasteiger partial charge in [-0.3, -0.25) is 4.90 Å². The van der Waals surface area contributed by atoms with Crippen LogP contribution in [-0.2, 0) is 12.1 Å². The van der Waals surface area contributed by atoms with E-state index in [2.05, 4.69) is 4.90 Å². The number of benzene rings is 2. The number of aliphatic hydroxyl groups is 1. The van der Waals surface area contributed by atoms with Crippen LogP contribution in [0.3, 0.4) is 0 Å². The third-order valence-electron chi connectivity index (χ3n) is 5.06. The van der Waals surface area contributed by atoms with Crippen LogP contribution in [0.1, 0.15) is 30.9 Å². The monoisotopic (exact) mass is 347 g/mol. The van der Waals surface area contributed by atoms with Crippen LogP contribution < -0.4 is 0 Å². The molecular formula is C20H23ClFNO. The summed E-state index contributed by atoms with van der Waals surface area (Å²) in [5.74, 6) is 0.389. The summed E-state index contributed by atoms with van der Waals surface area (Å²) in [5, 5.41) is 11.6. The predicted octanol–water partition coefficient (Wildman–Crippen LogP) is 4.60. The number of halogens is 2. The molecule has 0 amide bonds. The topological polar surface area (TPSA) is 23.5 Å². The maximum atomic E-state index is 13.0. The molecule has 1 atom stereocenters. The molecule has 0 aliphatic carbocycles. The first-order chi connectivity index (χ1) is 11.4. The van der Waals surface area contributed by atoms with E-state index in [9.17, 15) is 9.50 Å². The maximum Gasteiger partial charge on any atom is 0.141 e. The van der Waals surface area contributed by atoms with E-state index in [-0.39, 0.29) is 5.82 Å². The molecule has 2 aromatic rings. The zero-order valence-corrected chi connectivity index (χ0v) is 14.6. The van der Waals surface area contributed by atoms with Crippen molar-refractivity contribution in [3.05, 3.63) is 70.5 Å². The molecule has 0 saturated carbocycles. The summed E-state index contributed by atoms with van der Waals surface area (Å²) in [4.78, 5) is 2.12. The van der Waals surface area contributed by atoms with Crippen molar-refractivity contribution >= 4 is 11.6 Å². The SMILES string of the molecule is CC(O)(c1ccc(Cl)cc1)N1CCC(Cc2ccc(F)cc2)CC1. The Labute approximate surface area is 147 Å². The molecule has 24 heavy (non-hydrogen) atoms. The second-order valence-electron chi connectivity index (χ2n) is 6.79. The summed E-state index contributed by atoms with van der Waals surface area (Å²) in [6.45, 7) is 3.54. The zero-order chi connectivity index (χ0) is 17.2. The molecule has 128 valence electrons. The highest BCUT2D eigenvalue weighted by molar-refractivity contribution is 6.30. The van der Waals surface area contributed by atoms with Gasteiger partial charge in [-0.05, 0) is 67.5 Å². The molecule has 0 radical (unpaired) electrons. The van der Waals surface area contributed by atoms with Gasteiger partial charge in [0, 0.05) is 18.1 Å². The Balaban J connectivity index is 1.59. The second kappa shape index (κ2) is 7.22. The molecule has 0 spiro atoms. The van der Waals surface area contributed by atoms with Crippen molar-refractivity contribution in [2.75, 3.05) is 13.1 Å². The van der Waals surface area contributed by atoms with Gasteiger partial charge in [-0.1, -0.05) is 35.9 Å². The standard InChI is InChI=1S/C20H23ClFNO/c1-20(24,17-4-6-18(21)7-5-17)23-12-10-16(11-13-23)14-15-2-8-19(22)9-3-15/h2-9,16,24H,10-14H2,1H3. The van der Waals surface area contributed by atoms with E-state index < -0.39 is 5.72 Å². The van der Waals surface area contributed by atoms with Crippen molar-refractivity contribution in [1.29, 1.82) is 0 Å². The molecule has 1 fully saturated rings. The molecule has 0 aromatic heterocycles. The minimum absolute atomic E-state index is 0.187. The lowest BCUT2D eigenvalue weighted by Crippen LogP contribution is -2.48. The lowest BCUT2D eigenvalue weighted by molar-refractivity contribution is -0.114. The van der Waals surface area contributed by atoms with E-state index >= 15 is 0 Å². The number of nitrogens with zero attached hydrogens (tertiary/aromatic N) is 1. The first-order valence-electron chi connectivity index (χ1n) is 8.43. The lowest BCUT2D eigenvalue weighted by atomic mass is 9.88. The fourth-order valence-electron chi connectivity index (χ4n) is 3.47. The second-order valence-corrected chi connectivity index (χ2v) is 7.23. The molecule has 1 aliphatic rings. The van der Waals surface area contributed by atoms with Crippen LogP contribution in [0.4, 0.5) is 4.39 Å². The minimum atomic E-state index is -0.981. The van der Waals surface area contributed by atoms with Crippen LogP contribution in [0.2, 0.25) is 5.02 Å². The van der Waals surface area contributed by atoms with Crippen LogP contribution in [0, 0.1) is 11.7 Å². The van der Waals surface area contributed by atoms with E-state index in [0.29, 0.717) is 10.9 Å². The van der Waals surface area contributed by atoms with Gasteiger partial charge >= 0.3 is 0 Å². The van der Waals surface area contributed by atoms with Crippen molar-refractivity contribution in [2.24, 2.45) is 5.92 Å². The highest BCUT2D eigenvalue weighted by atomic mass is 35.5. The Hall–Kier alpha value is -1.42.